The highest BCUT2D eigenvalue weighted by molar-refractivity contribution is 5.46. The summed E-state index contributed by atoms with van der Waals surface area (Å²) in [5.41, 5.74) is 2.90. The minimum absolute atomic E-state index is 0.300. The van der Waals surface area contributed by atoms with Gasteiger partial charge in [-0.05, 0) is 85.5 Å². The van der Waals surface area contributed by atoms with Crippen molar-refractivity contribution < 1.29 is 10.2 Å². The van der Waals surface area contributed by atoms with Gasteiger partial charge in [-0.3, -0.25) is 0 Å². The van der Waals surface area contributed by atoms with Gasteiger partial charge in [-0.25, -0.2) is 0 Å². The molecule has 0 aliphatic heterocycles. The molecule has 0 aromatic heterocycles. The van der Waals surface area contributed by atoms with Gasteiger partial charge in [-0.2, -0.15) is 0 Å². The van der Waals surface area contributed by atoms with Crippen molar-refractivity contribution in [3.8, 4) is 11.5 Å². The maximum Gasteiger partial charge on any atom is 0.122 e. The highest BCUT2D eigenvalue weighted by atomic mass is 16.3. The first-order chi connectivity index (χ1) is 12.2. The lowest BCUT2D eigenvalue weighted by Crippen LogP contribution is -2.08. The summed E-state index contributed by atoms with van der Waals surface area (Å²) in [6, 6.07) is 3.50. The number of rotatable bonds is 12. The van der Waals surface area contributed by atoms with Gasteiger partial charge in [0.1, 0.15) is 11.5 Å². The molecule has 148 valence electrons. The third-order valence-electron chi connectivity index (χ3n) is 6.59. The second-order valence-electron chi connectivity index (χ2n) is 9.71. The number of phenolic OH excluding ortho intramolecular Hbond substituents is 2. The summed E-state index contributed by atoms with van der Waals surface area (Å²) in [5, 5.41) is 20.6. The summed E-state index contributed by atoms with van der Waals surface area (Å²) in [6.45, 7) is 9.31. The van der Waals surface area contributed by atoms with E-state index in [1.165, 1.54) is 51.4 Å². The summed E-state index contributed by atoms with van der Waals surface area (Å²) >= 11 is 0. The molecule has 0 bridgehead atoms. The van der Waals surface area contributed by atoms with Crippen LogP contribution in [0.3, 0.4) is 0 Å². The predicted molar refractivity (Wildman–Crippen MR) is 111 cm³/mol. The van der Waals surface area contributed by atoms with Crippen LogP contribution in [0.5, 0.6) is 11.5 Å². The molecule has 0 spiro atoms. The molecule has 1 aliphatic rings. The summed E-state index contributed by atoms with van der Waals surface area (Å²) < 4.78 is 0. The lowest BCUT2D eigenvalue weighted by Gasteiger charge is -2.22. The van der Waals surface area contributed by atoms with Crippen molar-refractivity contribution in [2.24, 2.45) is 10.8 Å². The second-order valence-corrected chi connectivity index (χ2v) is 9.71. The van der Waals surface area contributed by atoms with Crippen LogP contribution in [0.4, 0.5) is 0 Å². The highest BCUT2D eigenvalue weighted by Gasteiger charge is 2.35. The molecular weight excluding hydrogens is 320 g/mol. The van der Waals surface area contributed by atoms with E-state index in [-0.39, 0.29) is 0 Å². The van der Waals surface area contributed by atoms with Gasteiger partial charge in [0.15, 0.2) is 0 Å². The fourth-order valence-corrected chi connectivity index (χ4v) is 3.73. The molecule has 0 atom stereocenters. The van der Waals surface area contributed by atoms with Crippen LogP contribution in [-0.4, -0.2) is 10.2 Å². The van der Waals surface area contributed by atoms with Crippen LogP contribution >= 0.6 is 0 Å². The number of hydrogen-bond acceptors (Lipinski definition) is 2. The first-order valence-electron chi connectivity index (χ1n) is 10.8. The van der Waals surface area contributed by atoms with Crippen LogP contribution in [0.25, 0.3) is 0 Å². The average molecular weight is 361 g/mol. The van der Waals surface area contributed by atoms with Gasteiger partial charge >= 0.3 is 0 Å². The zero-order valence-electron chi connectivity index (χ0n) is 17.5. The van der Waals surface area contributed by atoms with Crippen molar-refractivity contribution in [2.75, 3.05) is 0 Å². The van der Waals surface area contributed by atoms with Crippen LogP contribution in [-0.2, 0) is 12.8 Å². The van der Waals surface area contributed by atoms with Crippen LogP contribution < -0.4 is 0 Å². The van der Waals surface area contributed by atoms with E-state index >= 15 is 0 Å². The SMILES string of the molecule is CCC(C)(C)CCCCCc1cc(O)cc(CCCCC2(C)CC2)c1O. The maximum atomic E-state index is 10.6. The molecule has 26 heavy (non-hydrogen) atoms. The molecule has 1 aromatic rings. The van der Waals surface area contributed by atoms with Gasteiger partial charge in [0.25, 0.3) is 0 Å². The van der Waals surface area contributed by atoms with Crippen molar-refractivity contribution >= 4 is 0 Å². The maximum absolute atomic E-state index is 10.6. The van der Waals surface area contributed by atoms with Crippen molar-refractivity contribution in [3.05, 3.63) is 23.3 Å². The van der Waals surface area contributed by atoms with Crippen LogP contribution in [0.2, 0.25) is 0 Å². The quantitative estimate of drug-likeness (QED) is 0.307. The third kappa shape index (κ3) is 6.85. The molecule has 1 aliphatic carbocycles. The van der Waals surface area contributed by atoms with Gasteiger partial charge in [-0.1, -0.05) is 53.4 Å². The van der Waals surface area contributed by atoms with E-state index in [2.05, 4.69) is 27.7 Å². The smallest absolute Gasteiger partial charge is 0.122 e. The van der Waals surface area contributed by atoms with E-state index < -0.39 is 0 Å². The molecule has 0 radical (unpaired) electrons. The standard InChI is InChI=1S/C24H40O2/c1-5-23(2,3)13-9-6-7-11-19-17-21(25)18-20(22(19)26)12-8-10-14-24(4)15-16-24/h17-18,25-26H,5-16H2,1-4H3. The van der Waals surface area contributed by atoms with E-state index in [1.807, 2.05) is 0 Å². The summed E-state index contributed by atoms with van der Waals surface area (Å²) in [4.78, 5) is 0. The molecule has 1 aromatic carbocycles. The molecule has 2 rings (SSSR count). The Balaban J connectivity index is 1.77. The molecule has 0 saturated heterocycles. The van der Waals surface area contributed by atoms with E-state index in [0.717, 1.165) is 36.8 Å². The lowest BCUT2D eigenvalue weighted by atomic mass is 9.84. The Morgan fingerprint density at radius 1 is 0.923 bits per heavy atom. The van der Waals surface area contributed by atoms with Gasteiger partial charge in [0.2, 0.25) is 0 Å². The van der Waals surface area contributed by atoms with Crippen molar-refractivity contribution in [1.29, 1.82) is 0 Å². The Kier molecular flexibility index (Phi) is 7.43. The Labute approximate surface area is 161 Å². The van der Waals surface area contributed by atoms with Gasteiger partial charge < -0.3 is 10.2 Å². The minimum Gasteiger partial charge on any atom is -0.508 e. The molecule has 2 heteroatoms. The zero-order valence-corrected chi connectivity index (χ0v) is 17.5. The Hall–Kier alpha value is -1.18. The number of phenols is 2. The first-order valence-corrected chi connectivity index (χ1v) is 10.8. The normalized spacial score (nSPS) is 16.0. The number of benzene rings is 1. The number of hydrogen-bond donors (Lipinski definition) is 2. The molecule has 0 heterocycles. The van der Waals surface area contributed by atoms with E-state index in [4.69, 9.17) is 0 Å². The molecular formula is C24H40O2. The summed E-state index contributed by atoms with van der Waals surface area (Å²) in [6.07, 6.45) is 14.1. The Morgan fingerprint density at radius 2 is 1.50 bits per heavy atom. The molecule has 1 fully saturated rings. The molecule has 2 N–H and O–H groups in total. The first kappa shape index (κ1) is 21.1. The topological polar surface area (TPSA) is 40.5 Å². The fourth-order valence-electron chi connectivity index (χ4n) is 3.73. The molecule has 0 unspecified atom stereocenters. The average Bonchev–Trinajstić information content (AvgIpc) is 3.32. The number of aromatic hydroxyl groups is 2. The molecule has 1 saturated carbocycles. The van der Waals surface area contributed by atoms with Crippen molar-refractivity contribution in [1.82, 2.24) is 0 Å². The largest absolute Gasteiger partial charge is 0.508 e. The Bertz CT molecular complexity index is 570. The van der Waals surface area contributed by atoms with Crippen molar-refractivity contribution in [2.45, 2.75) is 105 Å². The molecule has 2 nitrogen and oxygen atoms in total. The summed E-state index contributed by atoms with van der Waals surface area (Å²) in [7, 11) is 0. The zero-order chi connectivity index (χ0) is 19.2. The van der Waals surface area contributed by atoms with Crippen molar-refractivity contribution in [3.63, 3.8) is 0 Å². The summed E-state index contributed by atoms with van der Waals surface area (Å²) in [5.74, 6) is 0.725. The second kappa shape index (κ2) is 9.15. The minimum atomic E-state index is 0.300. The van der Waals surface area contributed by atoms with Gasteiger partial charge in [-0.15, -0.1) is 0 Å². The fraction of sp³-hybridized carbons (Fsp3) is 0.750. The lowest BCUT2D eigenvalue weighted by molar-refractivity contribution is 0.308. The van der Waals surface area contributed by atoms with Crippen LogP contribution in [0.1, 0.15) is 103 Å². The van der Waals surface area contributed by atoms with Gasteiger partial charge in [0.05, 0.1) is 0 Å². The van der Waals surface area contributed by atoms with E-state index in [0.29, 0.717) is 22.3 Å². The monoisotopic (exact) mass is 360 g/mol. The third-order valence-corrected chi connectivity index (χ3v) is 6.59. The number of unbranched alkanes of at least 4 members (excludes halogenated alkanes) is 3. The van der Waals surface area contributed by atoms with E-state index in [1.54, 1.807) is 12.1 Å². The van der Waals surface area contributed by atoms with Crippen LogP contribution in [0.15, 0.2) is 12.1 Å². The van der Waals surface area contributed by atoms with E-state index in [9.17, 15) is 10.2 Å². The predicted octanol–water partition coefficient (Wildman–Crippen LogP) is 7.15. The highest BCUT2D eigenvalue weighted by Crippen LogP contribution is 2.49. The number of aryl methyl sites for hydroxylation is 2. The van der Waals surface area contributed by atoms with Gasteiger partial charge in [0, 0.05) is 0 Å². The Morgan fingerprint density at radius 3 is 2.04 bits per heavy atom. The molecule has 0 amide bonds. The van der Waals surface area contributed by atoms with Crippen LogP contribution in [0, 0.1) is 10.8 Å².